The third-order valence-electron chi connectivity index (χ3n) is 3.34. The molecule has 0 bridgehead atoms. The molecule has 0 aliphatic carbocycles. The average Bonchev–Trinajstić information content (AvgIpc) is 2.68. The van der Waals surface area contributed by atoms with Crippen LogP contribution in [0, 0.1) is 0 Å². The minimum Gasteiger partial charge on any atom is -0.328 e. The molecule has 0 fully saturated rings. The standard InChI is InChI=1S/C10H15NO2S.2C4H11NO2S/c12-14(13)8-4-7-11-9-10-5-2-1-3-6-10;1-5-3-2-4-8(6)7;1-4(5)2-3-8(6)7/h1-3,5-6,11H,4,7-9H2,(H,12,13);5H,2-4H2,1H3,(H,6,7);4H,2-3,5H2,1H3,(H,6,7). The zero-order chi connectivity index (χ0) is 23.2. The van der Waals surface area contributed by atoms with Crippen molar-refractivity contribution in [3.05, 3.63) is 35.9 Å². The van der Waals surface area contributed by atoms with Crippen molar-refractivity contribution < 1.29 is 26.3 Å². The van der Waals surface area contributed by atoms with Crippen molar-refractivity contribution in [3.8, 4) is 0 Å². The van der Waals surface area contributed by atoms with Gasteiger partial charge in [0, 0.05) is 12.6 Å². The van der Waals surface area contributed by atoms with E-state index in [2.05, 4.69) is 22.8 Å². The van der Waals surface area contributed by atoms with Gasteiger partial charge in [-0.05, 0) is 51.9 Å². The Morgan fingerprint density at radius 2 is 1.40 bits per heavy atom. The second-order valence-corrected chi connectivity index (χ2v) is 9.47. The second kappa shape index (κ2) is 23.1. The van der Waals surface area contributed by atoms with Gasteiger partial charge in [-0.1, -0.05) is 30.3 Å². The maximum Gasteiger partial charge on any atom is 0.152 e. The molecule has 4 atom stereocenters. The van der Waals surface area contributed by atoms with Crippen molar-refractivity contribution in [2.24, 2.45) is 5.73 Å². The molecule has 4 unspecified atom stereocenters. The normalized spacial score (nSPS) is 14.3. The van der Waals surface area contributed by atoms with Crippen LogP contribution in [-0.2, 0) is 39.8 Å². The molecule has 178 valence electrons. The summed E-state index contributed by atoms with van der Waals surface area (Å²) in [6.45, 7) is 4.22. The van der Waals surface area contributed by atoms with E-state index in [-0.39, 0.29) is 11.8 Å². The molecule has 1 aromatic carbocycles. The molecule has 0 heterocycles. The Morgan fingerprint density at radius 3 is 1.80 bits per heavy atom. The summed E-state index contributed by atoms with van der Waals surface area (Å²) in [5, 5.41) is 6.09. The quantitative estimate of drug-likeness (QED) is 0.177. The lowest BCUT2D eigenvalue weighted by atomic mass is 10.2. The predicted molar refractivity (Wildman–Crippen MR) is 126 cm³/mol. The zero-order valence-corrected chi connectivity index (χ0v) is 20.1. The Hall–Kier alpha value is -0.570. The van der Waals surface area contributed by atoms with Crippen molar-refractivity contribution in [2.75, 3.05) is 37.4 Å². The lowest BCUT2D eigenvalue weighted by molar-refractivity contribution is 0.556. The Kier molecular flexibility index (Phi) is 24.3. The summed E-state index contributed by atoms with van der Waals surface area (Å²) < 4.78 is 55.2. The molecule has 0 aliphatic rings. The van der Waals surface area contributed by atoms with Crippen LogP contribution in [0.25, 0.3) is 0 Å². The minimum absolute atomic E-state index is 0.0334. The van der Waals surface area contributed by atoms with E-state index < -0.39 is 33.2 Å². The molecule has 1 rings (SSSR count). The first-order valence-electron chi connectivity index (χ1n) is 9.56. The van der Waals surface area contributed by atoms with Gasteiger partial charge in [0.05, 0.1) is 17.3 Å². The first-order valence-corrected chi connectivity index (χ1v) is 13.4. The number of benzene rings is 1. The molecule has 0 amide bonds. The summed E-state index contributed by atoms with van der Waals surface area (Å²) in [7, 11) is 1.82. The summed E-state index contributed by atoms with van der Waals surface area (Å²) in [5.41, 5.74) is 6.53. The maximum absolute atomic E-state index is 10.3. The highest BCUT2D eigenvalue weighted by Crippen LogP contribution is 1.96. The third-order valence-corrected chi connectivity index (χ3v) is 5.20. The molecule has 7 N–H and O–H groups in total. The molecule has 0 saturated heterocycles. The van der Waals surface area contributed by atoms with E-state index >= 15 is 0 Å². The Morgan fingerprint density at radius 1 is 0.900 bits per heavy atom. The van der Waals surface area contributed by atoms with E-state index in [0.717, 1.165) is 32.5 Å². The lowest BCUT2D eigenvalue weighted by Crippen LogP contribution is -2.17. The molecule has 0 aliphatic heterocycles. The summed E-state index contributed by atoms with van der Waals surface area (Å²) in [6.07, 6.45) is 2.11. The van der Waals surface area contributed by atoms with Crippen molar-refractivity contribution >= 4 is 33.2 Å². The first-order chi connectivity index (χ1) is 14.2. The van der Waals surface area contributed by atoms with Crippen molar-refractivity contribution in [3.63, 3.8) is 0 Å². The van der Waals surface area contributed by atoms with Crippen LogP contribution in [0.5, 0.6) is 0 Å². The van der Waals surface area contributed by atoms with Crippen LogP contribution in [0.2, 0.25) is 0 Å². The van der Waals surface area contributed by atoms with E-state index in [9.17, 15) is 12.6 Å². The summed E-state index contributed by atoms with van der Waals surface area (Å²) in [6, 6.07) is 10.1. The van der Waals surface area contributed by atoms with Gasteiger partial charge < -0.3 is 30.0 Å². The number of nitrogens with one attached hydrogen (secondary N) is 2. The predicted octanol–water partition coefficient (Wildman–Crippen LogP) is 1.15. The van der Waals surface area contributed by atoms with Crippen molar-refractivity contribution in [1.29, 1.82) is 0 Å². The van der Waals surface area contributed by atoms with Gasteiger partial charge in [0.1, 0.15) is 0 Å². The van der Waals surface area contributed by atoms with E-state index in [4.69, 9.17) is 19.4 Å². The van der Waals surface area contributed by atoms with Gasteiger partial charge >= 0.3 is 0 Å². The van der Waals surface area contributed by atoms with Crippen LogP contribution >= 0.6 is 0 Å². The molecule has 9 nitrogen and oxygen atoms in total. The molecule has 0 radical (unpaired) electrons. The molecular formula is C18H37N3O6S3. The second-order valence-electron chi connectivity index (χ2n) is 6.32. The fraction of sp³-hybridized carbons (Fsp3) is 0.667. The fourth-order valence-corrected chi connectivity index (χ4v) is 3.16. The highest BCUT2D eigenvalue weighted by molar-refractivity contribution is 7.79. The summed E-state index contributed by atoms with van der Waals surface area (Å²) >= 11 is -4.93. The van der Waals surface area contributed by atoms with Gasteiger partial charge in [0.25, 0.3) is 0 Å². The maximum atomic E-state index is 10.3. The van der Waals surface area contributed by atoms with E-state index in [1.807, 2.05) is 32.2 Å². The molecule has 0 spiro atoms. The SMILES string of the molecule is CC(N)CCS(=O)O.CNCCCS(=O)O.O=S(O)CCCNCc1ccccc1. The van der Waals surface area contributed by atoms with Crippen LogP contribution in [0.4, 0.5) is 0 Å². The average molecular weight is 488 g/mol. The summed E-state index contributed by atoms with van der Waals surface area (Å²) in [4.78, 5) is 0. The zero-order valence-electron chi connectivity index (χ0n) is 17.7. The molecule has 12 heteroatoms. The van der Waals surface area contributed by atoms with Crippen LogP contribution < -0.4 is 16.4 Å². The largest absolute Gasteiger partial charge is 0.328 e. The van der Waals surface area contributed by atoms with Crippen LogP contribution in [0.3, 0.4) is 0 Å². The number of rotatable bonds is 13. The first kappa shape index (κ1) is 31.6. The smallest absolute Gasteiger partial charge is 0.152 e. The topological polar surface area (TPSA) is 162 Å². The number of hydrogen-bond acceptors (Lipinski definition) is 6. The highest BCUT2D eigenvalue weighted by atomic mass is 32.2. The molecular weight excluding hydrogens is 450 g/mol. The van der Waals surface area contributed by atoms with Crippen LogP contribution in [0.1, 0.15) is 31.7 Å². The third kappa shape index (κ3) is 29.6. The molecule has 1 aromatic rings. The Labute approximate surface area is 187 Å². The summed E-state index contributed by atoms with van der Waals surface area (Å²) in [5.74, 6) is 1.01. The minimum atomic E-state index is -1.67. The van der Waals surface area contributed by atoms with Gasteiger partial charge in [-0.2, -0.15) is 0 Å². The molecule has 0 aromatic heterocycles. The van der Waals surface area contributed by atoms with E-state index in [1.165, 1.54) is 5.56 Å². The number of nitrogens with two attached hydrogens (primary N) is 1. The Bertz CT molecular complexity index is 580. The van der Waals surface area contributed by atoms with Gasteiger partial charge in [0.2, 0.25) is 0 Å². The van der Waals surface area contributed by atoms with Crippen LogP contribution in [-0.4, -0.2) is 69.7 Å². The Balaban J connectivity index is 0. The monoisotopic (exact) mass is 487 g/mol. The van der Waals surface area contributed by atoms with Crippen molar-refractivity contribution in [1.82, 2.24) is 10.6 Å². The molecule has 0 saturated carbocycles. The number of hydrogen-bond donors (Lipinski definition) is 6. The molecule has 30 heavy (non-hydrogen) atoms. The van der Waals surface area contributed by atoms with Gasteiger partial charge in [-0.25, -0.2) is 12.6 Å². The van der Waals surface area contributed by atoms with Gasteiger partial charge in [0.15, 0.2) is 33.2 Å². The van der Waals surface area contributed by atoms with E-state index in [1.54, 1.807) is 0 Å². The van der Waals surface area contributed by atoms with Gasteiger partial charge in [-0.3, -0.25) is 0 Å². The van der Waals surface area contributed by atoms with Gasteiger partial charge in [-0.15, -0.1) is 0 Å². The van der Waals surface area contributed by atoms with E-state index in [0.29, 0.717) is 17.9 Å². The van der Waals surface area contributed by atoms with Crippen molar-refractivity contribution in [2.45, 2.75) is 38.8 Å². The lowest BCUT2D eigenvalue weighted by Gasteiger charge is -2.03. The van der Waals surface area contributed by atoms with Crippen LogP contribution in [0.15, 0.2) is 30.3 Å². The highest BCUT2D eigenvalue weighted by Gasteiger charge is 1.96. The fourth-order valence-electron chi connectivity index (χ4n) is 1.81.